The fraction of sp³-hybridized carbons (Fsp3) is 0.407. The van der Waals surface area contributed by atoms with Gasteiger partial charge in [0.25, 0.3) is 5.91 Å². The highest BCUT2D eigenvalue weighted by Crippen LogP contribution is 2.38. The van der Waals surface area contributed by atoms with E-state index in [-0.39, 0.29) is 22.7 Å². The summed E-state index contributed by atoms with van der Waals surface area (Å²) in [5.41, 5.74) is 7.52. The molecule has 1 unspecified atom stereocenters. The van der Waals surface area contributed by atoms with E-state index >= 15 is 0 Å². The van der Waals surface area contributed by atoms with Crippen molar-refractivity contribution in [3.8, 4) is 16.9 Å². The molecule has 1 aromatic heterocycles. The van der Waals surface area contributed by atoms with Gasteiger partial charge in [0.2, 0.25) is 0 Å². The van der Waals surface area contributed by atoms with Gasteiger partial charge in [0.05, 0.1) is 19.0 Å². The lowest BCUT2D eigenvalue weighted by Crippen LogP contribution is -2.45. The SMILES string of the molecule is CC(C)(C)[Si](C)(C)OC(CCCOc1cccc(-c2ccc(F)cc2)c1)Cn1cnc(C(N)=O)c1. The molecule has 0 aliphatic heterocycles. The lowest BCUT2D eigenvalue weighted by Gasteiger charge is -2.39. The number of halogens is 1. The van der Waals surface area contributed by atoms with E-state index in [1.165, 1.54) is 12.1 Å². The maximum absolute atomic E-state index is 13.2. The van der Waals surface area contributed by atoms with Crippen LogP contribution in [0.2, 0.25) is 18.1 Å². The summed E-state index contributed by atoms with van der Waals surface area (Å²) in [6, 6.07) is 14.2. The molecule has 188 valence electrons. The molecule has 3 rings (SSSR count). The van der Waals surface area contributed by atoms with Crippen LogP contribution < -0.4 is 10.5 Å². The molecular weight excluding hydrogens is 461 g/mol. The third-order valence-corrected chi connectivity index (χ3v) is 11.1. The number of ether oxygens (including phenoxy) is 1. The van der Waals surface area contributed by atoms with E-state index in [9.17, 15) is 9.18 Å². The molecule has 1 heterocycles. The number of nitrogens with zero attached hydrogens (tertiary/aromatic N) is 2. The largest absolute Gasteiger partial charge is 0.494 e. The van der Waals surface area contributed by atoms with Crippen molar-refractivity contribution in [2.75, 3.05) is 6.61 Å². The number of primary amides is 1. The molecule has 0 aliphatic carbocycles. The van der Waals surface area contributed by atoms with Crippen LogP contribution in [0.1, 0.15) is 44.1 Å². The fourth-order valence-electron chi connectivity index (χ4n) is 3.51. The quantitative estimate of drug-likeness (QED) is 0.259. The number of benzene rings is 2. The summed E-state index contributed by atoms with van der Waals surface area (Å²) in [5, 5.41) is 0.0792. The molecule has 0 saturated heterocycles. The molecule has 6 nitrogen and oxygen atoms in total. The summed E-state index contributed by atoms with van der Waals surface area (Å²) < 4.78 is 27.8. The molecule has 1 amide bonds. The Bertz CT molecular complexity index is 1120. The van der Waals surface area contributed by atoms with Crippen LogP contribution in [0.5, 0.6) is 5.75 Å². The smallest absolute Gasteiger partial charge is 0.268 e. The predicted octanol–water partition coefficient (Wildman–Crippen LogP) is 6.04. The van der Waals surface area contributed by atoms with Gasteiger partial charge in [-0.2, -0.15) is 0 Å². The van der Waals surface area contributed by atoms with Gasteiger partial charge in [-0.3, -0.25) is 4.79 Å². The number of aromatic nitrogens is 2. The number of hydrogen-bond donors (Lipinski definition) is 1. The minimum atomic E-state index is -2.00. The van der Waals surface area contributed by atoms with Crippen molar-refractivity contribution in [1.29, 1.82) is 0 Å². The van der Waals surface area contributed by atoms with Crippen molar-refractivity contribution < 1.29 is 18.3 Å². The molecule has 0 bridgehead atoms. The Balaban J connectivity index is 1.62. The van der Waals surface area contributed by atoms with Gasteiger partial charge in [-0.05, 0) is 66.4 Å². The highest BCUT2D eigenvalue weighted by atomic mass is 28.4. The zero-order valence-corrected chi connectivity index (χ0v) is 22.3. The Morgan fingerprint density at radius 1 is 1.14 bits per heavy atom. The summed E-state index contributed by atoms with van der Waals surface area (Å²) in [7, 11) is -2.00. The number of imidazole rings is 1. The van der Waals surface area contributed by atoms with E-state index in [4.69, 9.17) is 14.9 Å². The number of nitrogens with two attached hydrogens (primary N) is 1. The van der Waals surface area contributed by atoms with Crippen LogP contribution in [0.15, 0.2) is 61.1 Å². The minimum Gasteiger partial charge on any atom is -0.494 e. The van der Waals surface area contributed by atoms with E-state index in [1.807, 2.05) is 28.8 Å². The minimum absolute atomic E-state index is 0.0417. The number of carbonyl (C=O) groups is 1. The Morgan fingerprint density at radius 2 is 1.86 bits per heavy atom. The first-order valence-electron chi connectivity index (χ1n) is 11.9. The Hall–Kier alpha value is -2.97. The Morgan fingerprint density at radius 3 is 2.49 bits per heavy atom. The van der Waals surface area contributed by atoms with Crippen molar-refractivity contribution in [1.82, 2.24) is 9.55 Å². The fourth-order valence-corrected chi connectivity index (χ4v) is 4.89. The van der Waals surface area contributed by atoms with Gasteiger partial charge >= 0.3 is 0 Å². The van der Waals surface area contributed by atoms with E-state index in [2.05, 4.69) is 38.8 Å². The first-order chi connectivity index (χ1) is 16.4. The molecule has 0 aliphatic rings. The van der Waals surface area contributed by atoms with Crippen molar-refractivity contribution >= 4 is 14.2 Å². The first kappa shape index (κ1) is 26.6. The molecular formula is C27H36FN3O3Si. The second kappa shape index (κ2) is 11.2. The van der Waals surface area contributed by atoms with Crippen LogP contribution in [0.4, 0.5) is 4.39 Å². The zero-order chi connectivity index (χ0) is 25.6. The van der Waals surface area contributed by atoms with E-state index in [0.717, 1.165) is 29.7 Å². The first-order valence-corrected chi connectivity index (χ1v) is 14.8. The number of amides is 1. The van der Waals surface area contributed by atoms with Crippen LogP contribution in [-0.2, 0) is 11.0 Å². The normalized spacial score (nSPS) is 13.0. The summed E-state index contributed by atoms with van der Waals surface area (Å²) in [4.78, 5) is 15.5. The molecule has 35 heavy (non-hydrogen) atoms. The monoisotopic (exact) mass is 497 g/mol. The van der Waals surface area contributed by atoms with Crippen LogP contribution in [0.3, 0.4) is 0 Å². The summed E-state index contributed by atoms with van der Waals surface area (Å²) >= 11 is 0. The summed E-state index contributed by atoms with van der Waals surface area (Å²) in [6.07, 6.45) is 4.85. The highest BCUT2D eigenvalue weighted by molar-refractivity contribution is 6.74. The van der Waals surface area contributed by atoms with Gasteiger partial charge in [-0.25, -0.2) is 9.37 Å². The number of rotatable bonds is 11. The third-order valence-electron chi connectivity index (χ3n) is 6.52. The van der Waals surface area contributed by atoms with E-state index in [1.54, 1.807) is 24.7 Å². The third kappa shape index (κ3) is 7.50. The van der Waals surface area contributed by atoms with Crippen LogP contribution >= 0.6 is 0 Å². The predicted molar refractivity (Wildman–Crippen MR) is 139 cm³/mol. The maximum atomic E-state index is 13.2. The molecule has 0 spiro atoms. The van der Waals surface area contributed by atoms with E-state index < -0.39 is 14.2 Å². The highest BCUT2D eigenvalue weighted by Gasteiger charge is 2.39. The van der Waals surface area contributed by atoms with Gasteiger partial charge in [0.1, 0.15) is 17.3 Å². The van der Waals surface area contributed by atoms with Crippen molar-refractivity contribution in [3.05, 3.63) is 72.6 Å². The molecule has 2 aromatic carbocycles. The summed E-state index contributed by atoms with van der Waals surface area (Å²) in [5.74, 6) is -0.0200. The van der Waals surface area contributed by atoms with Crippen LogP contribution in [0, 0.1) is 5.82 Å². The standard InChI is InChI=1S/C27H36FN3O3Si/c1-27(2,3)35(4,5)34-24(17-31-18-25(26(29)32)30-19-31)10-7-15-33-23-9-6-8-21(16-23)20-11-13-22(28)14-12-20/h6,8-9,11-14,16,18-19,24H,7,10,15,17H2,1-5H3,(H2,29,32). The molecule has 0 fully saturated rings. The number of hydrogen-bond acceptors (Lipinski definition) is 4. The van der Waals surface area contributed by atoms with Gasteiger partial charge in [0, 0.05) is 12.7 Å². The molecule has 0 saturated carbocycles. The van der Waals surface area contributed by atoms with Crippen molar-refractivity contribution in [2.45, 2.75) is 64.4 Å². The average Bonchev–Trinajstić information content (AvgIpc) is 3.25. The molecule has 1 atom stereocenters. The van der Waals surface area contributed by atoms with Crippen molar-refractivity contribution in [2.24, 2.45) is 5.73 Å². The molecule has 0 radical (unpaired) electrons. The molecule has 8 heteroatoms. The Labute approximate surface area is 208 Å². The van der Waals surface area contributed by atoms with Crippen molar-refractivity contribution in [3.63, 3.8) is 0 Å². The summed E-state index contributed by atoms with van der Waals surface area (Å²) in [6.45, 7) is 12.3. The topological polar surface area (TPSA) is 79.4 Å². The van der Waals surface area contributed by atoms with Gasteiger partial charge in [0.15, 0.2) is 8.32 Å². The van der Waals surface area contributed by atoms with Gasteiger partial charge < -0.3 is 19.5 Å². The van der Waals surface area contributed by atoms with Crippen LogP contribution in [0.25, 0.3) is 11.1 Å². The average molecular weight is 498 g/mol. The lowest BCUT2D eigenvalue weighted by atomic mass is 10.1. The zero-order valence-electron chi connectivity index (χ0n) is 21.3. The second-order valence-corrected chi connectivity index (χ2v) is 15.1. The van der Waals surface area contributed by atoms with E-state index in [0.29, 0.717) is 13.2 Å². The van der Waals surface area contributed by atoms with Gasteiger partial charge in [-0.1, -0.05) is 45.0 Å². The second-order valence-electron chi connectivity index (χ2n) is 10.3. The lowest BCUT2D eigenvalue weighted by molar-refractivity contribution is 0.0995. The number of carbonyl (C=O) groups excluding carboxylic acids is 1. The van der Waals surface area contributed by atoms with Gasteiger partial charge in [-0.15, -0.1) is 0 Å². The van der Waals surface area contributed by atoms with Crippen LogP contribution in [-0.4, -0.2) is 36.5 Å². The molecule has 3 aromatic rings. The maximum Gasteiger partial charge on any atom is 0.268 e. The Kier molecular flexibility index (Phi) is 8.50. The molecule has 2 N–H and O–H groups in total.